The van der Waals surface area contributed by atoms with Crippen LogP contribution in [0.4, 0.5) is 5.69 Å². The number of carbonyl (C=O) groups is 2. The van der Waals surface area contributed by atoms with E-state index in [9.17, 15) is 18.0 Å². The smallest absolute Gasteiger partial charge is 0.243 e. The molecule has 0 heterocycles. The number of aryl methyl sites for hydroxylation is 2. The molecule has 2 rings (SSSR count). The molecule has 198 valence electrons. The molecule has 0 saturated heterocycles. The molecule has 1 N–H and O–H groups in total. The first-order chi connectivity index (χ1) is 16.7. The zero-order valence-corrected chi connectivity index (χ0v) is 23.5. The van der Waals surface area contributed by atoms with E-state index in [-0.39, 0.29) is 24.8 Å². The van der Waals surface area contributed by atoms with E-state index in [0.717, 1.165) is 16.7 Å². The van der Waals surface area contributed by atoms with Crippen LogP contribution in [0.15, 0.2) is 48.5 Å². The van der Waals surface area contributed by atoms with Crippen molar-refractivity contribution in [3.05, 3.63) is 65.2 Å². The Morgan fingerprint density at radius 3 is 2.08 bits per heavy atom. The lowest BCUT2D eigenvalue weighted by molar-refractivity contribution is -0.142. The van der Waals surface area contributed by atoms with Crippen molar-refractivity contribution in [1.82, 2.24) is 10.2 Å². The summed E-state index contributed by atoms with van der Waals surface area (Å²) in [5.74, 6) is -0.364. The Morgan fingerprint density at radius 2 is 1.56 bits per heavy atom. The summed E-state index contributed by atoms with van der Waals surface area (Å²) in [5, 5.41) is 3.01. The normalized spacial score (nSPS) is 12.6. The second-order valence-corrected chi connectivity index (χ2v) is 12.2. The summed E-state index contributed by atoms with van der Waals surface area (Å²) in [6, 6.07) is 14.5. The Balaban J connectivity index is 2.26. The number of carbonyl (C=O) groups excluding carboxylic acids is 2. The van der Waals surface area contributed by atoms with Gasteiger partial charge in [-0.15, -0.1) is 0 Å². The van der Waals surface area contributed by atoms with Crippen molar-refractivity contribution in [2.24, 2.45) is 0 Å². The quantitative estimate of drug-likeness (QED) is 0.475. The Kier molecular flexibility index (Phi) is 10.1. The minimum absolute atomic E-state index is 0.128. The van der Waals surface area contributed by atoms with Crippen LogP contribution in [0.3, 0.4) is 0 Å². The van der Waals surface area contributed by atoms with E-state index in [4.69, 9.17) is 0 Å². The maximum Gasteiger partial charge on any atom is 0.243 e. The van der Waals surface area contributed by atoms with Crippen LogP contribution in [0.1, 0.15) is 63.6 Å². The van der Waals surface area contributed by atoms with Gasteiger partial charge in [-0.05, 0) is 70.2 Å². The molecule has 36 heavy (non-hydrogen) atoms. The molecule has 0 fully saturated rings. The van der Waals surface area contributed by atoms with Gasteiger partial charge in [-0.25, -0.2) is 8.42 Å². The van der Waals surface area contributed by atoms with Gasteiger partial charge in [-0.3, -0.25) is 13.9 Å². The van der Waals surface area contributed by atoms with Crippen LogP contribution in [0.2, 0.25) is 0 Å². The largest absolute Gasteiger partial charge is 0.350 e. The van der Waals surface area contributed by atoms with E-state index < -0.39 is 21.6 Å². The van der Waals surface area contributed by atoms with Crippen molar-refractivity contribution in [2.45, 2.75) is 78.9 Å². The second-order valence-electron chi connectivity index (χ2n) is 10.3. The highest BCUT2D eigenvalue weighted by Gasteiger charge is 2.31. The van der Waals surface area contributed by atoms with Crippen molar-refractivity contribution >= 4 is 27.5 Å². The molecule has 7 nitrogen and oxygen atoms in total. The lowest BCUT2D eigenvalue weighted by atomic mass is 10.0. The third kappa shape index (κ3) is 8.36. The first-order valence-corrected chi connectivity index (χ1v) is 14.3. The van der Waals surface area contributed by atoms with E-state index in [0.29, 0.717) is 25.1 Å². The van der Waals surface area contributed by atoms with Gasteiger partial charge in [0, 0.05) is 25.0 Å². The van der Waals surface area contributed by atoms with Crippen molar-refractivity contribution in [2.75, 3.05) is 17.1 Å². The van der Waals surface area contributed by atoms with E-state index >= 15 is 0 Å². The standard InChI is InChI=1S/C28H41N3O4S/c1-8-24(27(33)29-28(4,5)6)30(20-23-16-11-9-14-21(23)2)26(32)18-13-19-31(36(7,34)35)25-17-12-10-15-22(25)3/h9-12,14-17,24H,8,13,18-20H2,1-7H3,(H,29,33)/t24-/m0/s1. The predicted molar refractivity (Wildman–Crippen MR) is 146 cm³/mol. The van der Waals surface area contributed by atoms with Crippen LogP contribution < -0.4 is 9.62 Å². The number of rotatable bonds is 11. The fourth-order valence-electron chi connectivity index (χ4n) is 4.17. The summed E-state index contributed by atoms with van der Waals surface area (Å²) in [5.41, 5.74) is 3.06. The van der Waals surface area contributed by atoms with Crippen LogP contribution in [-0.4, -0.2) is 49.5 Å². The summed E-state index contributed by atoms with van der Waals surface area (Å²) in [4.78, 5) is 28.3. The van der Waals surface area contributed by atoms with Crippen LogP contribution in [0.5, 0.6) is 0 Å². The molecule has 8 heteroatoms. The van der Waals surface area contributed by atoms with E-state index in [1.165, 1.54) is 10.6 Å². The molecular weight excluding hydrogens is 474 g/mol. The molecule has 0 aliphatic rings. The predicted octanol–water partition coefficient (Wildman–Crippen LogP) is 4.57. The van der Waals surface area contributed by atoms with Gasteiger partial charge in [0.15, 0.2) is 0 Å². The first-order valence-electron chi connectivity index (χ1n) is 12.4. The Hall–Kier alpha value is -2.87. The molecule has 2 aromatic rings. The van der Waals surface area contributed by atoms with Crippen LogP contribution in [0.25, 0.3) is 0 Å². The van der Waals surface area contributed by atoms with Crippen molar-refractivity contribution in [3.8, 4) is 0 Å². The molecule has 0 spiro atoms. The molecule has 0 aromatic heterocycles. The Labute approximate surface area is 216 Å². The number of sulfonamides is 1. The second kappa shape index (κ2) is 12.4. The zero-order valence-electron chi connectivity index (χ0n) is 22.7. The number of para-hydroxylation sites is 1. The van der Waals surface area contributed by atoms with Gasteiger partial charge in [0.05, 0.1) is 11.9 Å². The molecule has 0 aliphatic carbocycles. The monoisotopic (exact) mass is 515 g/mol. The average Bonchev–Trinajstić information content (AvgIpc) is 2.76. The summed E-state index contributed by atoms with van der Waals surface area (Å²) in [6.45, 7) is 12.0. The van der Waals surface area contributed by atoms with Gasteiger partial charge in [0.2, 0.25) is 21.8 Å². The van der Waals surface area contributed by atoms with Crippen LogP contribution in [-0.2, 0) is 26.2 Å². The number of amides is 2. The summed E-state index contributed by atoms with van der Waals surface area (Å²) >= 11 is 0. The van der Waals surface area contributed by atoms with E-state index in [1.807, 2.05) is 77.9 Å². The fraction of sp³-hybridized carbons (Fsp3) is 0.500. The van der Waals surface area contributed by atoms with Gasteiger partial charge >= 0.3 is 0 Å². The molecule has 0 saturated carbocycles. The Bertz CT molecular complexity index is 1160. The molecule has 0 bridgehead atoms. The molecule has 0 aliphatic heterocycles. The van der Waals surface area contributed by atoms with Crippen LogP contribution in [0, 0.1) is 13.8 Å². The van der Waals surface area contributed by atoms with Gasteiger partial charge in [-0.1, -0.05) is 49.4 Å². The van der Waals surface area contributed by atoms with Crippen molar-refractivity contribution < 1.29 is 18.0 Å². The molecular formula is C28H41N3O4S. The number of benzene rings is 2. The van der Waals surface area contributed by atoms with E-state index in [2.05, 4.69) is 5.32 Å². The summed E-state index contributed by atoms with van der Waals surface area (Å²) in [6.07, 6.45) is 2.11. The highest BCUT2D eigenvalue weighted by molar-refractivity contribution is 7.92. The van der Waals surface area contributed by atoms with Gasteiger partial charge in [0.1, 0.15) is 6.04 Å². The highest BCUT2D eigenvalue weighted by Crippen LogP contribution is 2.23. The average molecular weight is 516 g/mol. The maximum atomic E-state index is 13.5. The maximum absolute atomic E-state index is 13.5. The summed E-state index contributed by atoms with van der Waals surface area (Å²) in [7, 11) is -3.52. The summed E-state index contributed by atoms with van der Waals surface area (Å²) < 4.78 is 26.4. The van der Waals surface area contributed by atoms with Gasteiger partial charge < -0.3 is 10.2 Å². The zero-order chi connectivity index (χ0) is 27.1. The lowest BCUT2D eigenvalue weighted by Gasteiger charge is -2.33. The molecule has 0 unspecified atom stereocenters. The highest BCUT2D eigenvalue weighted by atomic mass is 32.2. The first kappa shape index (κ1) is 29.4. The molecule has 2 aromatic carbocycles. The minimum Gasteiger partial charge on any atom is -0.350 e. The number of hydrogen-bond donors (Lipinski definition) is 1. The van der Waals surface area contributed by atoms with Crippen LogP contribution >= 0.6 is 0 Å². The number of nitrogens with zero attached hydrogens (tertiary/aromatic N) is 2. The van der Waals surface area contributed by atoms with Gasteiger partial charge in [-0.2, -0.15) is 0 Å². The minimum atomic E-state index is -3.52. The third-order valence-corrected chi connectivity index (χ3v) is 7.20. The molecule has 2 amide bonds. The van der Waals surface area contributed by atoms with E-state index in [1.54, 1.807) is 17.0 Å². The number of nitrogens with one attached hydrogen (secondary N) is 1. The fourth-order valence-corrected chi connectivity index (χ4v) is 5.19. The lowest BCUT2D eigenvalue weighted by Crippen LogP contribution is -2.53. The Morgan fingerprint density at radius 1 is 0.972 bits per heavy atom. The molecule has 1 atom stereocenters. The molecule has 0 radical (unpaired) electrons. The number of hydrogen-bond acceptors (Lipinski definition) is 4. The van der Waals surface area contributed by atoms with Crippen molar-refractivity contribution in [3.63, 3.8) is 0 Å². The topological polar surface area (TPSA) is 86.8 Å². The number of anilines is 1. The third-order valence-electron chi connectivity index (χ3n) is 6.02. The van der Waals surface area contributed by atoms with Gasteiger partial charge in [0.25, 0.3) is 0 Å². The van der Waals surface area contributed by atoms with Crippen molar-refractivity contribution in [1.29, 1.82) is 0 Å². The SMILES string of the molecule is CC[C@@H](C(=O)NC(C)(C)C)N(Cc1ccccc1C)C(=O)CCCN(c1ccccc1C)S(C)(=O)=O.